The first-order valence-corrected chi connectivity index (χ1v) is 7.92. The molecule has 102 valence electrons. The molecule has 1 aromatic heterocycles. The Morgan fingerprint density at radius 2 is 2.26 bits per heavy atom. The predicted octanol–water partition coefficient (Wildman–Crippen LogP) is 4.16. The number of carbonyl (C=O) groups excluding carboxylic acids is 1. The van der Waals surface area contributed by atoms with Crippen LogP contribution in [-0.2, 0) is 0 Å². The van der Waals surface area contributed by atoms with Crippen molar-refractivity contribution in [1.82, 2.24) is 5.32 Å². The van der Waals surface area contributed by atoms with Crippen molar-refractivity contribution < 1.29 is 4.79 Å². The van der Waals surface area contributed by atoms with E-state index in [1.54, 1.807) is 0 Å². The zero-order valence-electron chi connectivity index (χ0n) is 11.0. The number of carbonyl (C=O) groups is 1. The lowest BCUT2D eigenvalue weighted by Crippen LogP contribution is -2.32. The molecule has 0 aliphatic heterocycles. The molecule has 0 fully saturated rings. The van der Waals surface area contributed by atoms with Crippen LogP contribution in [0.3, 0.4) is 0 Å². The van der Waals surface area contributed by atoms with Crippen LogP contribution in [0, 0.1) is 0 Å². The number of fused-ring (bicyclic) bond motifs is 1. The minimum absolute atomic E-state index is 0.0734. The lowest BCUT2D eigenvalue weighted by molar-refractivity contribution is 0.0943. The molecule has 1 unspecified atom stereocenters. The summed E-state index contributed by atoms with van der Waals surface area (Å²) in [5.74, 6) is -0.0734. The minimum atomic E-state index is -0.0734. The fourth-order valence-electron chi connectivity index (χ4n) is 2.05. The molecule has 3 N–H and O–H groups in total. The van der Waals surface area contributed by atoms with Crippen molar-refractivity contribution in [3.8, 4) is 0 Å². The highest BCUT2D eigenvalue weighted by molar-refractivity contribution is 9.10. The first kappa shape index (κ1) is 14.3. The molecule has 5 heteroatoms. The van der Waals surface area contributed by atoms with Crippen LogP contribution in [0.25, 0.3) is 10.1 Å². The van der Waals surface area contributed by atoms with Crippen molar-refractivity contribution >= 4 is 48.9 Å². The van der Waals surface area contributed by atoms with E-state index in [-0.39, 0.29) is 11.9 Å². The van der Waals surface area contributed by atoms with E-state index in [1.165, 1.54) is 11.3 Å². The highest BCUT2D eigenvalue weighted by atomic mass is 79.9. The first-order chi connectivity index (χ1) is 9.02. The van der Waals surface area contributed by atoms with Crippen LogP contribution in [0.15, 0.2) is 22.7 Å². The number of thiophene rings is 1. The summed E-state index contributed by atoms with van der Waals surface area (Å²) in [6.07, 6.45) is 2.03. The molecule has 2 rings (SSSR count). The van der Waals surface area contributed by atoms with Gasteiger partial charge in [0.1, 0.15) is 4.88 Å². The quantitative estimate of drug-likeness (QED) is 0.877. The molecule has 1 heterocycles. The average molecular weight is 341 g/mol. The maximum atomic E-state index is 12.2. The summed E-state index contributed by atoms with van der Waals surface area (Å²) in [5, 5.41) is 3.93. The number of nitrogen functional groups attached to an aromatic ring is 1. The molecular weight excluding hydrogens is 324 g/mol. The number of rotatable bonds is 4. The summed E-state index contributed by atoms with van der Waals surface area (Å²) >= 11 is 4.87. The summed E-state index contributed by atoms with van der Waals surface area (Å²) < 4.78 is 2.00. The van der Waals surface area contributed by atoms with Crippen molar-refractivity contribution in [3.63, 3.8) is 0 Å². The Hall–Kier alpha value is -1.07. The Morgan fingerprint density at radius 1 is 1.53 bits per heavy atom. The van der Waals surface area contributed by atoms with Crippen LogP contribution >= 0.6 is 27.3 Å². The fourth-order valence-corrected chi connectivity index (χ4v) is 3.42. The monoisotopic (exact) mass is 340 g/mol. The Kier molecular flexibility index (Phi) is 4.47. The molecule has 0 saturated carbocycles. The van der Waals surface area contributed by atoms with Crippen molar-refractivity contribution in [2.45, 2.75) is 32.7 Å². The number of nitrogens with one attached hydrogen (secondary N) is 1. The number of nitrogens with two attached hydrogens (primary N) is 1. The summed E-state index contributed by atoms with van der Waals surface area (Å²) in [4.78, 5) is 12.8. The van der Waals surface area contributed by atoms with Gasteiger partial charge in [0, 0.05) is 20.6 Å². The SMILES string of the molecule is CCCC(C)NC(=O)c1sc2ccc(Br)cc2c1N. The summed E-state index contributed by atoms with van der Waals surface area (Å²) in [6.45, 7) is 4.12. The molecule has 1 atom stereocenters. The summed E-state index contributed by atoms with van der Waals surface area (Å²) in [6, 6.07) is 6.06. The van der Waals surface area contributed by atoms with E-state index in [0.717, 1.165) is 27.4 Å². The minimum Gasteiger partial charge on any atom is -0.397 e. The number of amides is 1. The molecular formula is C14H17BrN2OS. The topological polar surface area (TPSA) is 55.1 Å². The maximum Gasteiger partial charge on any atom is 0.263 e. The standard InChI is InChI=1S/C14H17BrN2OS/c1-3-4-8(2)17-14(18)13-12(16)10-7-9(15)5-6-11(10)19-13/h5-8H,3-4,16H2,1-2H3,(H,17,18). The third kappa shape index (κ3) is 3.09. The molecule has 0 aliphatic rings. The lowest BCUT2D eigenvalue weighted by Gasteiger charge is -2.11. The predicted molar refractivity (Wildman–Crippen MR) is 85.8 cm³/mol. The number of hydrogen-bond donors (Lipinski definition) is 2. The van der Waals surface area contributed by atoms with Gasteiger partial charge in [0.25, 0.3) is 5.91 Å². The van der Waals surface area contributed by atoms with Crippen molar-refractivity contribution in [2.75, 3.05) is 5.73 Å². The van der Waals surface area contributed by atoms with Gasteiger partial charge in [-0.05, 0) is 31.5 Å². The Balaban J connectivity index is 2.30. The highest BCUT2D eigenvalue weighted by Crippen LogP contribution is 2.35. The van der Waals surface area contributed by atoms with Gasteiger partial charge >= 0.3 is 0 Å². The van der Waals surface area contributed by atoms with Gasteiger partial charge in [-0.2, -0.15) is 0 Å². The number of hydrogen-bond acceptors (Lipinski definition) is 3. The van der Waals surface area contributed by atoms with Crippen LogP contribution in [0.2, 0.25) is 0 Å². The number of anilines is 1. The van der Waals surface area contributed by atoms with Crippen LogP contribution in [-0.4, -0.2) is 11.9 Å². The molecule has 2 aromatic rings. The van der Waals surface area contributed by atoms with Crippen LogP contribution in [0.1, 0.15) is 36.4 Å². The summed E-state index contributed by atoms with van der Waals surface area (Å²) in [5.41, 5.74) is 6.66. The van der Waals surface area contributed by atoms with Gasteiger partial charge in [-0.15, -0.1) is 11.3 Å². The fraction of sp³-hybridized carbons (Fsp3) is 0.357. The van der Waals surface area contributed by atoms with E-state index >= 15 is 0 Å². The van der Waals surface area contributed by atoms with Crippen molar-refractivity contribution in [1.29, 1.82) is 0 Å². The van der Waals surface area contributed by atoms with Gasteiger partial charge in [0.05, 0.1) is 5.69 Å². The molecule has 0 radical (unpaired) electrons. The Labute approximate surface area is 125 Å². The van der Waals surface area contributed by atoms with Gasteiger partial charge in [-0.3, -0.25) is 4.79 Å². The van der Waals surface area contributed by atoms with E-state index in [2.05, 4.69) is 28.2 Å². The third-order valence-corrected chi connectivity index (χ3v) is 4.67. The van der Waals surface area contributed by atoms with E-state index < -0.39 is 0 Å². The van der Waals surface area contributed by atoms with E-state index in [9.17, 15) is 4.79 Å². The highest BCUT2D eigenvalue weighted by Gasteiger charge is 2.17. The third-order valence-electron chi connectivity index (χ3n) is 2.99. The van der Waals surface area contributed by atoms with Crippen molar-refractivity contribution in [3.05, 3.63) is 27.5 Å². The molecule has 1 amide bonds. The zero-order valence-corrected chi connectivity index (χ0v) is 13.4. The second-order valence-corrected chi connectivity index (χ2v) is 6.62. The van der Waals surface area contributed by atoms with Gasteiger partial charge in [0.2, 0.25) is 0 Å². The average Bonchev–Trinajstić information content (AvgIpc) is 2.67. The largest absolute Gasteiger partial charge is 0.397 e. The zero-order chi connectivity index (χ0) is 14.0. The van der Waals surface area contributed by atoms with E-state index in [1.807, 2.05) is 25.1 Å². The van der Waals surface area contributed by atoms with Crippen LogP contribution in [0.5, 0.6) is 0 Å². The molecule has 0 aliphatic carbocycles. The Morgan fingerprint density at radius 3 is 2.95 bits per heavy atom. The van der Waals surface area contributed by atoms with Gasteiger partial charge in [0.15, 0.2) is 0 Å². The van der Waals surface area contributed by atoms with Gasteiger partial charge in [-0.1, -0.05) is 29.3 Å². The normalized spacial score (nSPS) is 12.6. The lowest BCUT2D eigenvalue weighted by atomic mass is 10.2. The molecule has 0 spiro atoms. The Bertz CT molecular complexity index is 609. The first-order valence-electron chi connectivity index (χ1n) is 6.31. The van der Waals surface area contributed by atoms with E-state index in [4.69, 9.17) is 5.73 Å². The van der Waals surface area contributed by atoms with Crippen LogP contribution < -0.4 is 11.1 Å². The molecule has 0 bridgehead atoms. The second-order valence-electron chi connectivity index (χ2n) is 4.65. The molecule has 0 saturated heterocycles. The number of halogens is 1. The molecule has 19 heavy (non-hydrogen) atoms. The van der Waals surface area contributed by atoms with Gasteiger partial charge in [-0.25, -0.2) is 0 Å². The second kappa shape index (κ2) is 5.92. The maximum absolute atomic E-state index is 12.2. The van der Waals surface area contributed by atoms with E-state index in [0.29, 0.717) is 10.6 Å². The molecule has 3 nitrogen and oxygen atoms in total. The number of benzene rings is 1. The smallest absolute Gasteiger partial charge is 0.263 e. The van der Waals surface area contributed by atoms with Crippen molar-refractivity contribution in [2.24, 2.45) is 0 Å². The van der Waals surface area contributed by atoms with Gasteiger partial charge < -0.3 is 11.1 Å². The molecule has 1 aromatic carbocycles. The summed E-state index contributed by atoms with van der Waals surface area (Å²) in [7, 11) is 0. The van der Waals surface area contributed by atoms with Crippen LogP contribution in [0.4, 0.5) is 5.69 Å².